The zero-order valence-corrected chi connectivity index (χ0v) is 11.2. The Labute approximate surface area is 118 Å². The molecule has 4 unspecified atom stereocenters. The van der Waals surface area contributed by atoms with Crippen LogP contribution in [-0.4, -0.2) is 31.1 Å². The molecule has 0 N–H and O–H groups in total. The summed E-state index contributed by atoms with van der Waals surface area (Å²) in [5, 5.41) is 0. The van der Waals surface area contributed by atoms with E-state index in [1.54, 1.807) is 0 Å². The summed E-state index contributed by atoms with van der Waals surface area (Å²) in [6.45, 7) is 4.02. The molecule has 0 radical (unpaired) electrons. The molecule has 20 heavy (non-hydrogen) atoms. The van der Waals surface area contributed by atoms with Crippen molar-refractivity contribution in [3.63, 3.8) is 0 Å². The van der Waals surface area contributed by atoms with Gasteiger partial charge in [0.15, 0.2) is 12.4 Å². The van der Waals surface area contributed by atoms with E-state index in [4.69, 9.17) is 14.2 Å². The molecule has 2 saturated heterocycles. The van der Waals surface area contributed by atoms with Crippen molar-refractivity contribution in [3.05, 3.63) is 48.6 Å². The van der Waals surface area contributed by atoms with Gasteiger partial charge in [-0.2, -0.15) is 0 Å². The number of hydrogen-bond donors (Lipinski definition) is 0. The summed E-state index contributed by atoms with van der Waals surface area (Å²) in [5.74, 6) is -0.210. The van der Waals surface area contributed by atoms with E-state index >= 15 is 0 Å². The molecule has 1 aromatic carbocycles. The molecular formula is C16H18O4. The Bertz CT molecular complexity index is 485. The monoisotopic (exact) mass is 274 g/mol. The Morgan fingerprint density at radius 1 is 1.40 bits per heavy atom. The van der Waals surface area contributed by atoms with Gasteiger partial charge in [0.05, 0.1) is 12.7 Å². The van der Waals surface area contributed by atoms with Crippen molar-refractivity contribution in [2.45, 2.75) is 31.3 Å². The van der Waals surface area contributed by atoms with Crippen molar-refractivity contribution in [3.8, 4) is 0 Å². The maximum atomic E-state index is 11.5. The van der Waals surface area contributed by atoms with Crippen LogP contribution in [0.1, 0.15) is 12.0 Å². The first kappa shape index (κ1) is 13.3. The number of ether oxygens (including phenoxy) is 3. The van der Waals surface area contributed by atoms with Crippen LogP contribution in [0.3, 0.4) is 0 Å². The van der Waals surface area contributed by atoms with Crippen LogP contribution >= 0.6 is 0 Å². The molecule has 4 nitrogen and oxygen atoms in total. The number of rotatable bonds is 4. The van der Waals surface area contributed by atoms with Crippen LogP contribution in [0.15, 0.2) is 43.0 Å². The van der Waals surface area contributed by atoms with Gasteiger partial charge in [-0.25, -0.2) is 4.79 Å². The van der Waals surface area contributed by atoms with E-state index in [-0.39, 0.29) is 18.1 Å². The van der Waals surface area contributed by atoms with Crippen molar-refractivity contribution < 1.29 is 19.0 Å². The van der Waals surface area contributed by atoms with Gasteiger partial charge < -0.3 is 14.2 Å². The van der Waals surface area contributed by atoms with Gasteiger partial charge in [0, 0.05) is 12.0 Å². The summed E-state index contributed by atoms with van der Waals surface area (Å²) in [6, 6.07) is 10.2. The van der Waals surface area contributed by atoms with Gasteiger partial charge in [-0.3, -0.25) is 0 Å². The van der Waals surface area contributed by atoms with Gasteiger partial charge in [-0.1, -0.05) is 36.9 Å². The van der Waals surface area contributed by atoms with Gasteiger partial charge in [0.2, 0.25) is 0 Å². The van der Waals surface area contributed by atoms with Crippen molar-refractivity contribution in [1.82, 2.24) is 0 Å². The quantitative estimate of drug-likeness (QED) is 0.623. The summed E-state index contributed by atoms with van der Waals surface area (Å²) in [6.07, 6.45) is 2.20. The maximum Gasteiger partial charge on any atom is 0.330 e. The third-order valence-corrected chi connectivity index (χ3v) is 3.83. The van der Waals surface area contributed by atoms with Crippen LogP contribution in [0.25, 0.3) is 0 Å². The fourth-order valence-corrected chi connectivity index (χ4v) is 2.91. The Balaban J connectivity index is 1.75. The predicted molar refractivity (Wildman–Crippen MR) is 72.9 cm³/mol. The largest absolute Gasteiger partial charge is 0.453 e. The first-order valence-electron chi connectivity index (χ1n) is 6.90. The third-order valence-electron chi connectivity index (χ3n) is 3.83. The van der Waals surface area contributed by atoms with Crippen LogP contribution in [-0.2, 0) is 25.4 Å². The lowest BCUT2D eigenvalue weighted by atomic mass is 9.87. The van der Waals surface area contributed by atoms with Crippen LogP contribution < -0.4 is 0 Å². The Hall–Kier alpha value is -1.65. The molecule has 2 aliphatic heterocycles. The maximum absolute atomic E-state index is 11.5. The summed E-state index contributed by atoms with van der Waals surface area (Å²) in [4.78, 5) is 11.5. The summed E-state index contributed by atoms with van der Waals surface area (Å²) >= 11 is 0. The number of hydrogen-bond acceptors (Lipinski definition) is 4. The number of esters is 1. The van der Waals surface area contributed by atoms with Crippen molar-refractivity contribution >= 4 is 5.97 Å². The zero-order valence-electron chi connectivity index (χ0n) is 11.2. The average molecular weight is 274 g/mol. The Kier molecular flexibility index (Phi) is 3.85. The molecule has 2 heterocycles. The second kappa shape index (κ2) is 5.77. The molecule has 4 atom stereocenters. The van der Waals surface area contributed by atoms with Crippen molar-refractivity contribution in [2.24, 2.45) is 5.92 Å². The predicted octanol–water partition coefficient (Wildman–Crippen LogP) is 2.09. The molecule has 0 amide bonds. The smallest absolute Gasteiger partial charge is 0.330 e. The molecule has 106 valence electrons. The molecule has 0 aliphatic carbocycles. The Morgan fingerprint density at radius 2 is 2.20 bits per heavy atom. The molecular weight excluding hydrogens is 256 g/mol. The average Bonchev–Trinajstić information content (AvgIpc) is 2.87. The first-order chi connectivity index (χ1) is 9.76. The highest BCUT2D eigenvalue weighted by atomic mass is 16.7. The lowest BCUT2D eigenvalue weighted by Crippen LogP contribution is -2.44. The van der Waals surface area contributed by atoms with Crippen LogP contribution in [0.4, 0.5) is 0 Å². The molecule has 2 bridgehead atoms. The topological polar surface area (TPSA) is 44.8 Å². The van der Waals surface area contributed by atoms with E-state index in [9.17, 15) is 4.79 Å². The van der Waals surface area contributed by atoms with Gasteiger partial charge in [0.25, 0.3) is 0 Å². The summed E-state index contributed by atoms with van der Waals surface area (Å²) in [5.41, 5.74) is 1.23. The van der Waals surface area contributed by atoms with E-state index in [2.05, 4.69) is 18.7 Å². The van der Waals surface area contributed by atoms with Gasteiger partial charge in [0.1, 0.15) is 0 Å². The zero-order chi connectivity index (χ0) is 13.9. The van der Waals surface area contributed by atoms with Gasteiger partial charge >= 0.3 is 5.97 Å². The van der Waals surface area contributed by atoms with Gasteiger partial charge in [-0.05, 0) is 18.4 Å². The lowest BCUT2D eigenvalue weighted by molar-refractivity contribution is -0.198. The molecule has 3 rings (SSSR count). The Morgan fingerprint density at radius 3 is 2.95 bits per heavy atom. The van der Waals surface area contributed by atoms with Gasteiger partial charge in [-0.15, -0.1) is 0 Å². The summed E-state index contributed by atoms with van der Waals surface area (Å²) < 4.78 is 16.7. The van der Waals surface area contributed by atoms with E-state index < -0.39 is 12.3 Å². The third kappa shape index (κ3) is 2.76. The minimum atomic E-state index is -0.439. The first-order valence-corrected chi connectivity index (χ1v) is 6.90. The van der Waals surface area contributed by atoms with E-state index in [0.29, 0.717) is 6.61 Å². The highest BCUT2D eigenvalue weighted by Gasteiger charge is 2.46. The second-order valence-electron chi connectivity index (χ2n) is 5.25. The van der Waals surface area contributed by atoms with Crippen molar-refractivity contribution in [1.29, 1.82) is 0 Å². The number of carbonyl (C=O) groups excluding carboxylic acids is 1. The fourth-order valence-electron chi connectivity index (χ4n) is 2.91. The van der Waals surface area contributed by atoms with E-state index in [0.717, 1.165) is 12.8 Å². The minimum absolute atomic E-state index is 0.118. The standard InChI is InChI=1S/C16H18O4/c1-2-14(17)20-15-12(8-11-6-4-3-5-7-11)9-13-10-18-16(15)19-13/h2-7,12-13,15-16H,1,8-10H2. The molecule has 0 saturated carbocycles. The highest BCUT2D eigenvalue weighted by Crippen LogP contribution is 2.35. The highest BCUT2D eigenvalue weighted by molar-refractivity contribution is 5.81. The normalized spacial score (nSPS) is 31.8. The number of carbonyl (C=O) groups is 1. The summed E-state index contributed by atoms with van der Waals surface area (Å²) in [7, 11) is 0. The van der Waals surface area contributed by atoms with E-state index in [1.807, 2.05) is 18.2 Å². The van der Waals surface area contributed by atoms with Crippen LogP contribution in [0, 0.1) is 5.92 Å². The second-order valence-corrected chi connectivity index (χ2v) is 5.25. The molecule has 2 aliphatic rings. The lowest BCUT2D eigenvalue weighted by Gasteiger charge is -2.34. The molecule has 0 aromatic heterocycles. The van der Waals surface area contributed by atoms with Crippen molar-refractivity contribution in [2.75, 3.05) is 6.61 Å². The molecule has 2 fully saturated rings. The SMILES string of the molecule is C=CC(=O)OC1C(Cc2ccccc2)CC2COC1O2. The van der Waals surface area contributed by atoms with Crippen LogP contribution in [0.5, 0.6) is 0 Å². The minimum Gasteiger partial charge on any atom is -0.453 e. The number of fused-ring (bicyclic) bond motifs is 2. The molecule has 1 aromatic rings. The molecule has 0 spiro atoms. The van der Waals surface area contributed by atoms with E-state index in [1.165, 1.54) is 11.6 Å². The number of benzene rings is 1. The fraction of sp³-hybridized carbons (Fsp3) is 0.438. The van der Waals surface area contributed by atoms with Crippen LogP contribution in [0.2, 0.25) is 0 Å². The molecule has 4 heteroatoms.